The lowest BCUT2D eigenvalue weighted by Crippen LogP contribution is -2.24. The molecule has 3 N–H and O–H groups in total. The van der Waals surface area contributed by atoms with Crippen LogP contribution in [-0.4, -0.2) is 16.9 Å². The third-order valence-corrected chi connectivity index (χ3v) is 4.39. The van der Waals surface area contributed by atoms with Gasteiger partial charge in [0.25, 0.3) is 0 Å². The summed E-state index contributed by atoms with van der Waals surface area (Å²) >= 11 is 0. The van der Waals surface area contributed by atoms with E-state index in [0.29, 0.717) is 11.4 Å². The van der Waals surface area contributed by atoms with Gasteiger partial charge in [-0.25, -0.2) is 4.98 Å². The third kappa shape index (κ3) is 2.79. The lowest BCUT2D eigenvalue weighted by Gasteiger charge is -2.25. The van der Waals surface area contributed by atoms with Crippen molar-refractivity contribution in [1.82, 2.24) is 4.98 Å². The molecule has 1 saturated carbocycles. The molecule has 0 amide bonds. The summed E-state index contributed by atoms with van der Waals surface area (Å²) in [6.07, 6.45) is 10.7. The Kier molecular flexibility index (Phi) is 3.90. The second kappa shape index (κ2) is 5.81. The second-order valence-corrected chi connectivity index (χ2v) is 5.95. The van der Waals surface area contributed by atoms with Crippen LogP contribution in [0.25, 0.3) is 0 Å². The maximum atomic E-state index is 7.77. The van der Waals surface area contributed by atoms with E-state index in [-0.39, 0.29) is 11.9 Å². The Morgan fingerprint density at radius 1 is 1.15 bits per heavy atom. The van der Waals surface area contributed by atoms with Crippen molar-refractivity contribution in [3.05, 3.63) is 22.9 Å². The fourth-order valence-electron chi connectivity index (χ4n) is 3.24. The van der Waals surface area contributed by atoms with Gasteiger partial charge >= 0.3 is 0 Å². The molecule has 108 valence electrons. The largest absolute Gasteiger partial charge is 0.474 e. The van der Waals surface area contributed by atoms with Gasteiger partial charge in [0.05, 0.1) is 5.56 Å². The van der Waals surface area contributed by atoms with Crippen molar-refractivity contribution in [1.29, 1.82) is 5.41 Å². The van der Waals surface area contributed by atoms with Gasteiger partial charge < -0.3 is 10.5 Å². The fraction of sp³-hybridized carbons (Fsp3) is 0.625. The smallest absolute Gasteiger partial charge is 0.225 e. The molecule has 0 unspecified atom stereocenters. The molecule has 1 aromatic rings. The van der Waals surface area contributed by atoms with E-state index in [1.54, 1.807) is 0 Å². The van der Waals surface area contributed by atoms with Crippen LogP contribution < -0.4 is 10.5 Å². The van der Waals surface area contributed by atoms with Gasteiger partial charge in [-0.05, 0) is 63.0 Å². The molecule has 0 radical (unpaired) electrons. The van der Waals surface area contributed by atoms with Crippen LogP contribution in [0.4, 0.5) is 0 Å². The molecular weight excluding hydrogens is 250 g/mol. The zero-order valence-corrected chi connectivity index (χ0v) is 12.0. The van der Waals surface area contributed by atoms with Crippen molar-refractivity contribution >= 4 is 5.84 Å². The predicted molar refractivity (Wildman–Crippen MR) is 79.4 cm³/mol. The van der Waals surface area contributed by atoms with Gasteiger partial charge in [-0.1, -0.05) is 6.42 Å². The van der Waals surface area contributed by atoms with Crippen molar-refractivity contribution in [3.8, 4) is 5.88 Å². The zero-order chi connectivity index (χ0) is 13.9. The molecular formula is C16H23N3O. The molecule has 2 aliphatic rings. The average molecular weight is 273 g/mol. The quantitative estimate of drug-likeness (QED) is 0.657. The second-order valence-electron chi connectivity index (χ2n) is 5.95. The molecule has 4 heteroatoms. The summed E-state index contributed by atoms with van der Waals surface area (Å²) < 4.78 is 6.08. The minimum atomic E-state index is 0.0664. The van der Waals surface area contributed by atoms with E-state index in [9.17, 15) is 0 Å². The molecule has 1 heterocycles. The minimum absolute atomic E-state index is 0.0664. The number of hydrogen-bond donors (Lipinski definition) is 2. The number of rotatable bonds is 3. The van der Waals surface area contributed by atoms with Crippen molar-refractivity contribution in [2.45, 2.75) is 63.9 Å². The molecule has 0 aliphatic heterocycles. The van der Waals surface area contributed by atoms with E-state index in [0.717, 1.165) is 31.4 Å². The van der Waals surface area contributed by atoms with Crippen LogP contribution in [0.1, 0.15) is 61.8 Å². The van der Waals surface area contributed by atoms with Crippen molar-refractivity contribution in [2.24, 2.45) is 5.73 Å². The summed E-state index contributed by atoms with van der Waals surface area (Å²) in [5, 5.41) is 7.77. The minimum Gasteiger partial charge on any atom is -0.474 e. The Balaban J connectivity index is 1.88. The molecule has 3 rings (SSSR count). The van der Waals surface area contributed by atoms with Crippen molar-refractivity contribution in [2.75, 3.05) is 0 Å². The number of hydrogen-bond acceptors (Lipinski definition) is 3. The first kappa shape index (κ1) is 13.4. The SMILES string of the molecule is N=C(N)c1cc2c(nc1OC1CCCCC1)CCCC2. The number of aromatic nitrogens is 1. The van der Waals surface area contributed by atoms with Crippen LogP contribution in [0.15, 0.2) is 6.07 Å². The highest BCUT2D eigenvalue weighted by atomic mass is 16.5. The zero-order valence-electron chi connectivity index (χ0n) is 12.0. The van der Waals surface area contributed by atoms with Crippen LogP contribution in [0.2, 0.25) is 0 Å². The fourth-order valence-corrected chi connectivity index (χ4v) is 3.24. The van der Waals surface area contributed by atoms with E-state index >= 15 is 0 Å². The summed E-state index contributed by atoms with van der Waals surface area (Å²) in [7, 11) is 0. The molecule has 1 aromatic heterocycles. The molecule has 0 atom stereocenters. The number of nitrogens with zero attached hydrogens (tertiary/aromatic N) is 1. The van der Waals surface area contributed by atoms with Crippen LogP contribution in [0.3, 0.4) is 0 Å². The summed E-state index contributed by atoms with van der Waals surface area (Å²) in [5.74, 6) is 0.654. The Morgan fingerprint density at radius 3 is 2.65 bits per heavy atom. The molecule has 2 aliphatic carbocycles. The highest BCUT2D eigenvalue weighted by Crippen LogP contribution is 2.29. The lowest BCUT2D eigenvalue weighted by molar-refractivity contribution is 0.148. The number of nitrogen functional groups attached to an aromatic ring is 1. The number of amidine groups is 1. The summed E-state index contributed by atoms with van der Waals surface area (Å²) in [5.41, 5.74) is 8.79. The van der Waals surface area contributed by atoms with Crippen LogP contribution in [0.5, 0.6) is 5.88 Å². The molecule has 0 bridgehead atoms. The first-order chi connectivity index (χ1) is 9.74. The summed E-state index contributed by atoms with van der Waals surface area (Å²) in [4.78, 5) is 4.69. The van der Waals surface area contributed by atoms with Crippen molar-refractivity contribution in [3.63, 3.8) is 0 Å². The summed E-state index contributed by atoms with van der Waals surface area (Å²) in [6.45, 7) is 0. The van der Waals surface area contributed by atoms with Gasteiger partial charge in [0.15, 0.2) is 0 Å². The lowest BCUT2D eigenvalue weighted by atomic mass is 9.94. The van der Waals surface area contributed by atoms with Gasteiger partial charge in [0, 0.05) is 5.69 Å². The molecule has 0 spiro atoms. The molecule has 1 fully saturated rings. The van der Waals surface area contributed by atoms with Gasteiger partial charge in [-0.2, -0.15) is 0 Å². The number of pyridine rings is 1. The topological polar surface area (TPSA) is 72.0 Å². The van der Waals surface area contributed by atoms with Gasteiger partial charge in [-0.3, -0.25) is 5.41 Å². The first-order valence-electron chi connectivity index (χ1n) is 7.78. The highest BCUT2D eigenvalue weighted by Gasteiger charge is 2.21. The summed E-state index contributed by atoms with van der Waals surface area (Å²) in [6, 6.07) is 2.03. The molecule has 20 heavy (non-hydrogen) atoms. The highest BCUT2D eigenvalue weighted by molar-refractivity contribution is 5.97. The predicted octanol–water partition coefficient (Wildman–Crippen LogP) is 2.96. The first-order valence-corrected chi connectivity index (χ1v) is 7.78. The maximum absolute atomic E-state index is 7.77. The molecule has 0 saturated heterocycles. The van der Waals surface area contributed by atoms with E-state index in [2.05, 4.69) is 4.98 Å². The monoisotopic (exact) mass is 273 g/mol. The van der Waals surface area contributed by atoms with E-state index < -0.39 is 0 Å². The van der Waals surface area contributed by atoms with E-state index in [1.165, 1.54) is 37.7 Å². The average Bonchev–Trinajstić information content (AvgIpc) is 2.47. The normalized spacial score (nSPS) is 19.4. The maximum Gasteiger partial charge on any atom is 0.225 e. The van der Waals surface area contributed by atoms with Gasteiger partial charge in [0.1, 0.15) is 11.9 Å². The molecule has 0 aromatic carbocycles. The number of fused-ring (bicyclic) bond motifs is 1. The standard InChI is InChI=1S/C16H23N3O/c17-15(18)13-10-11-6-4-5-9-14(11)19-16(13)20-12-7-2-1-3-8-12/h10,12H,1-9H2,(H3,17,18). The molecule has 4 nitrogen and oxygen atoms in total. The number of nitrogens with one attached hydrogen (secondary N) is 1. The van der Waals surface area contributed by atoms with Gasteiger partial charge in [-0.15, -0.1) is 0 Å². The van der Waals surface area contributed by atoms with E-state index in [4.69, 9.17) is 15.9 Å². The third-order valence-electron chi connectivity index (χ3n) is 4.39. The number of ether oxygens (including phenoxy) is 1. The Labute approximate surface area is 120 Å². The van der Waals surface area contributed by atoms with Crippen LogP contribution >= 0.6 is 0 Å². The number of aryl methyl sites for hydroxylation is 2. The van der Waals surface area contributed by atoms with Crippen LogP contribution in [-0.2, 0) is 12.8 Å². The number of nitrogens with two attached hydrogens (primary N) is 1. The van der Waals surface area contributed by atoms with Crippen LogP contribution in [0, 0.1) is 5.41 Å². The van der Waals surface area contributed by atoms with Crippen molar-refractivity contribution < 1.29 is 4.74 Å². The Morgan fingerprint density at radius 2 is 1.90 bits per heavy atom. The van der Waals surface area contributed by atoms with E-state index in [1.807, 2.05) is 6.07 Å². The Hall–Kier alpha value is -1.58. The van der Waals surface area contributed by atoms with Gasteiger partial charge in [0.2, 0.25) is 5.88 Å². The Bertz CT molecular complexity index is 507.